The molecule has 1 N–H and O–H groups in total. The van der Waals surface area contributed by atoms with Crippen LogP contribution in [0.25, 0.3) is 22.3 Å². The number of rotatable bonds is 3. The molecule has 0 radical (unpaired) electrons. The number of hydrogen-bond acceptors (Lipinski definition) is 8. The summed E-state index contributed by atoms with van der Waals surface area (Å²) in [5.74, 6) is 1.08. The van der Waals surface area contributed by atoms with Gasteiger partial charge in [0.05, 0.1) is 7.11 Å². The van der Waals surface area contributed by atoms with E-state index < -0.39 is 0 Å². The van der Waals surface area contributed by atoms with E-state index in [-0.39, 0.29) is 11.6 Å². The molecule has 0 unspecified atom stereocenters. The van der Waals surface area contributed by atoms with Crippen LogP contribution in [0.15, 0.2) is 28.4 Å². The van der Waals surface area contributed by atoms with Gasteiger partial charge < -0.3 is 14.4 Å². The molecular formula is C11H8N4O3S. The zero-order valence-corrected chi connectivity index (χ0v) is 10.6. The topological polar surface area (TPSA) is 94.2 Å². The van der Waals surface area contributed by atoms with Crippen LogP contribution in [0, 0.1) is 0 Å². The van der Waals surface area contributed by atoms with E-state index in [0.717, 1.165) is 0 Å². The molecule has 7 nitrogen and oxygen atoms in total. The fourth-order valence-corrected chi connectivity index (χ4v) is 2.16. The summed E-state index contributed by atoms with van der Waals surface area (Å²) in [7, 11) is 1.51. The third-order valence-corrected chi connectivity index (χ3v) is 3.24. The molecule has 0 aliphatic heterocycles. The Bertz CT molecular complexity index is 709. The van der Waals surface area contributed by atoms with Crippen LogP contribution >= 0.6 is 11.3 Å². The summed E-state index contributed by atoms with van der Waals surface area (Å²) in [5, 5.41) is 15.2. The van der Waals surface area contributed by atoms with Crippen LogP contribution in [0.3, 0.4) is 0 Å². The number of thiophene rings is 1. The number of aromatic hydroxyl groups is 1. The fourth-order valence-electron chi connectivity index (χ4n) is 1.46. The van der Waals surface area contributed by atoms with Gasteiger partial charge in [-0.25, -0.2) is 9.97 Å². The summed E-state index contributed by atoms with van der Waals surface area (Å²) in [6.45, 7) is 0. The fraction of sp³-hybridized carbons (Fsp3) is 0.0909. The van der Waals surface area contributed by atoms with E-state index in [2.05, 4.69) is 20.1 Å². The first-order chi connectivity index (χ1) is 9.28. The Hall–Kier alpha value is -2.48. The minimum absolute atomic E-state index is 0.112. The van der Waals surface area contributed by atoms with Gasteiger partial charge in [-0.1, -0.05) is 5.16 Å². The largest absolute Gasteiger partial charge is 0.506 e. The van der Waals surface area contributed by atoms with Crippen LogP contribution in [0.4, 0.5) is 0 Å². The van der Waals surface area contributed by atoms with Crippen molar-refractivity contribution in [2.24, 2.45) is 0 Å². The lowest BCUT2D eigenvalue weighted by Gasteiger charge is -1.97. The maximum Gasteiger partial charge on any atom is 0.272 e. The van der Waals surface area contributed by atoms with E-state index in [1.165, 1.54) is 24.8 Å². The van der Waals surface area contributed by atoms with Gasteiger partial charge in [-0.15, -0.1) is 11.3 Å². The molecule has 3 aromatic rings. The Morgan fingerprint density at radius 3 is 3.00 bits per heavy atom. The number of hydrogen-bond donors (Lipinski definition) is 1. The van der Waals surface area contributed by atoms with Gasteiger partial charge in [0.15, 0.2) is 0 Å². The monoisotopic (exact) mass is 276 g/mol. The lowest BCUT2D eigenvalue weighted by Crippen LogP contribution is -1.91. The third kappa shape index (κ3) is 2.13. The minimum atomic E-state index is 0.112. The maximum absolute atomic E-state index is 9.60. The van der Waals surface area contributed by atoms with Crippen LogP contribution in [0.5, 0.6) is 11.6 Å². The summed E-state index contributed by atoms with van der Waals surface area (Å²) in [6.07, 6.45) is 1.35. The smallest absolute Gasteiger partial charge is 0.272 e. The van der Waals surface area contributed by atoms with Gasteiger partial charge in [0, 0.05) is 6.07 Å². The summed E-state index contributed by atoms with van der Waals surface area (Å²) >= 11 is 1.32. The Balaban J connectivity index is 1.99. The zero-order valence-electron chi connectivity index (χ0n) is 9.77. The zero-order chi connectivity index (χ0) is 13.2. The van der Waals surface area contributed by atoms with E-state index in [9.17, 15) is 5.11 Å². The second-order valence-corrected chi connectivity index (χ2v) is 4.42. The van der Waals surface area contributed by atoms with Crippen molar-refractivity contribution in [3.05, 3.63) is 23.8 Å². The highest BCUT2D eigenvalue weighted by Crippen LogP contribution is 2.34. The maximum atomic E-state index is 9.60. The predicted molar refractivity (Wildman–Crippen MR) is 66.9 cm³/mol. The van der Waals surface area contributed by atoms with Gasteiger partial charge in [0.25, 0.3) is 5.89 Å². The minimum Gasteiger partial charge on any atom is -0.506 e. The number of nitrogens with zero attached hydrogens (tertiary/aromatic N) is 4. The molecule has 0 aliphatic rings. The van der Waals surface area contributed by atoms with Crippen LogP contribution < -0.4 is 4.74 Å². The summed E-state index contributed by atoms with van der Waals surface area (Å²) in [6, 6.07) is 3.17. The van der Waals surface area contributed by atoms with E-state index in [1.807, 2.05) is 0 Å². The molecular weight excluding hydrogens is 268 g/mol. The van der Waals surface area contributed by atoms with Crippen molar-refractivity contribution < 1.29 is 14.4 Å². The average molecular weight is 276 g/mol. The molecule has 0 amide bonds. The lowest BCUT2D eigenvalue weighted by atomic mass is 10.4. The van der Waals surface area contributed by atoms with Crippen molar-refractivity contribution in [1.29, 1.82) is 0 Å². The highest BCUT2D eigenvalue weighted by molar-refractivity contribution is 7.13. The standard InChI is InChI=1S/C11H8N4O3S/c1-17-8-4-6(12-5-13-8)10-14-11(18-15-10)9-7(16)2-3-19-9/h2-5,16H,1H3. The molecule has 0 saturated carbocycles. The SMILES string of the molecule is COc1cc(-c2noc(-c3sccc3O)n2)ncn1. The first-order valence-corrected chi connectivity index (χ1v) is 6.13. The van der Waals surface area contributed by atoms with E-state index in [0.29, 0.717) is 22.3 Å². The molecule has 0 bridgehead atoms. The van der Waals surface area contributed by atoms with E-state index in [4.69, 9.17) is 9.26 Å². The molecule has 0 saturated heterocycles. The molecule has 3 rings (SSSR count). The molecule has 0 fully saturated rings. The van der Waals surface area contributed by atoms with Gasteiger partial charge in [-0.2, -0.15) is 4.98 Å². The lowest BCUT2D eigenvalue weighted by molar-refractivity contribution is 0.397. The molecule has 0 atom stereocenters. The van der Waals surface area contributed by atoms with Gasteiger partial charge >= 0.3 is 0 Å². The average Bonchev–Trinajstić information content (AvgIpc) is 3.07. The Morgan fingerprint density at radius 1 is 1.37 bits per heavy atom. The van der Waals surface area contributed by atoms with Crippen molar-refractivity contribution in [3.8, 4) is 33.9 Å². The first-order valence-electron chi connectivity index (χ1n) is 5.25. The van der Waals surface area contributed by atoms with E-state index >= 15 is 0 Å². The third-order valence-electron chi connectivity index (χ3n) is 2.34. The van der Waals surface area contributed by atoms with Crippen molar-refractivity contribution >= 4 is 11.3 Å². The second-order valence-electron chi connectivity index (χ2n) is 3.50. The quantitative estimate of drug-likeness (QED) is 0.781. The number of aromatic nitrogens is 4. The second kappa shape index (κ2) is 4.65. The van der Waals surface area contributed by atoms with Crippen LogP contribution in [0.1, 0.15) is 0 Å². The molecule has 3 aromatic heterocycles. The number of methoxy groups -OCH3 is 1. The number of ether oxygens (including phenoxy) is 1. The van der Waals surface area contributed by atoms with Crippen LogP contribution in [-0.2, 0) is 0 Å². The Labute approximate surface area is 111 Å². The molecule has 3 heterocycles. The predicted octanol–water partition coefficient (Wildman–Crippen LogP) is 1.97. The molecule has 0 aliphatic carbocycles. The van der Waals surface area contributed by atoms with Gasteiger partial charge in [0.1, 0.15) is 22.6 Å². The normalized spacial score (nSPS) is 10.6. The molecule has 96 valence electrons. The van der Waals surface area contributed by atoms with Gasteiger partial charge in [-0.3, -0.25) is 0 Å². The first kappa shape index (κ1) is 11.6. The van der Waals surface area contributed by atoms with Gasteiger partial charge in [0.2, 0.25) is 11.7 Å². The summed E-state index contributed by atoms with van der Waals surface area (Å²) < 4.78 is 10.1. The Morgan fingerprint density at radius 2 is 2.26 bits per heavy atom. The molecule has 8 heteroatoms. The Kier molecular flexibility index (Phi) is 2.84. The summed E-state index contributed by atoms with van der Waals surface area (Å²) in [5.41, 5.74) is 0.484. The molecule has 0 aromatic carbocycles. The van der Waals surface area contributed by atoms with E-state index in [1.54, 1.807) is 17.5 Å². The van der Waals surface area contributed by atoms with Gasteiger partial charge in [-0.05, 0) is 11.4 Å². The van der Waals surface area contributed by atoms with Crippen molar-refractivity contribution in [2.75, 3.05) is 7.11 Å². The van der Waals surface area contributed by atoms with Crippen molar-refractivity contribution in [1.82, 2.24) is 20.1 Å². The molecule has 0 spiro atoms. The molecule has 19 heavy (non-hydrogen) atoms. The highest BCUT2D eigenvalue weighted by atomic mass is 32.1. The highest BCUT2D eigenvalue weighted by Gasteiger charge is 2.16. The van der Waals surface area contributed by atoms with Crippen molar-refractivity contribution in [2.45, 2.75) is 0 Å². The van der Waals surface area contributed by atoms with Crippen LogP contribution in [0.2, 0.25) is 0 Å². The van der Waals surface area contributed by atoms with Crippen molar-refractivity contribution in [3.63, 3.8) is 0 Å². The van der Waals surface area contributed by atoms with Crippen LogP contribution in [-0.4, -0.2) is 32.3 Å². The summed E-state index contributed by atoms with van der Waals surface area (Å²) in [4.78, 5) is 12.6.